The van der Waals surface area contributed by atoms with E-state index in [1.165, 1.54) is 0 Å². The molecule has 1 aromatic carbocycles. The molecule has 25 heavy (non-hydrogen) atoms. The van der Waals surface area contributed by atoms with Crippen LogP contribution in [0, 0.1) is 0 Å². The number of rotatable bonds is 5. The normalized spacial score (nSPS) is 11.5. The third-order valence-corrected chi connectivity index (χ3v) is 4.23. The van der Waals surface area contributed by atoms with E-state index in [-0.39, 0.29) is 0 Å². The lowest BCUT2D eigenvalue weighted by Gasteiger charge is -2.07. The number of nitrogens with one attached hydrogen (secondary N) is 2. The van der Waals surface area contributed by atoms with Gasteiger partial charge in [-0.1, -0.05) is 12.1 Å². The molecule has 3 heterocycles. The van der Waals surface area contributed by atoms with Gasteiger partial charge in [0.05, 0.1) is 29.0 Å². The Morgan fingerprint density at radius 3 is 2.76 bits per heavy atom. The predicted octanol–water partition coefficient (Wildman–Crippen LogP) is 3.35. The molecule has 0 bridgehead atoms. The summed E-state index contributed by atoms with van der Waals surface area (Å²) >= 11 is 0. The monoisotopic (exact) mass is 335 g/mol. The van der Waals surface area contributed by atoms with Crippen molar-refractivity contribution in [3.63, 3.8) is 0 Å². The fraction of sp³-hybridized carbons (Fsp3) is 0.278. The van der Waals surface area contributed by atoms with Crippen molar-refractivity contribution in [3.8, 4) is 11.4 Å². The van der Waals surface area contributed by atoms with E-state index in [9.17, 15) is 0 Å². The Hall–Kier alpha value is -3.09. The van der Waals surface area contributed by atoms with Crippen molar-refractivity contribution in [1.29, 1.82) is 0 Å². The predicted molar refractivity (Wildman–Crippen MR) is 98.2 cm³/mol. The van der Waals surface area contributed by atoms with E-state index in [0.717, 1.165) is 33.8 Å². The van der Waals surface area contributed by atoms with E-state index in [4.69, 9.17) is 0 Å². The molecule has 0 fully saturated rings. The molecule has 0 aliphatic heterocycles. The average molecular weight is 335 g/mol. The van der Waals surface area contributed by atoms with Crippen molar-refractivity contribution in [2.75, 3.05) is 5.32 Å². The van der Waals surface area contributed by atoms with Crippen molar-refractivity contribution >= 4 is 16.9 Å². The van der Waals surface area contributed by atoms with Gasteiger partial charge in [-0.15, -0.1) is 0 Å². The zero-order valence-electron chi connectivity index (χ0n) is 14.6. The lowest BCUT2D eigenvalue weighted by Crippen LogP contribution is -2.05. The number of aromatic nitrogens is 6. The van der Waals surface area contributed by atoms with Crippen molar-refractivity contribution in [2.24, 2.45) is 7.05 Å². The zero-order chi connectivity index (χ0) is 17.4. The minimum atomic E-state index is 0.358. The smallest absolute Gasteiger partial charge is 0.143 e. The molecule has 128 valence electrons. The standard InChI is InChI=1S/C18H21N7/c1-12(2)25-11-13(9-21-25)8-19-18-14(10-20-24(18)3)17-22-15-6-4-5-7-16(15)23-17/h4-7,9-12,19H,8H2,1-3H3,(H,22,23). The number of nitrogens with zero attached hydrogens (tertiary/aromatic N) is 5. The van der Waals surface area contributed by atoms with Crippen LogP contribution in [0.5, 0.6) is 0 Å². The number of benzene rings is 1. The molecule has 0 spiro atoms. The number of aromatic amines is 1. The Kier molecular flexibility index (Phi) is 3.76. The van der Waals surface area contributed by atoms with E-state index in [1.54, 1.807) is 0 Å². The van der Waals surface area contributed by atoms with Crippen molar-refractivity contribution in [3.05, 3.63) is 48.4 Å². The fourth-order valence-corrected chi connectivity index (χ4v) is 2.84. The van der Waals surface area contributed by atoms with Gasteiger partial charge in [-0.2, -0.15) is 10.2 Å². The maximum absolute atomic E-state index is 4.67. The molecule has 7 heteroatoms. The summed E-state index contributed by atoms with van der Waals surface area (Å²) < 4.78 is 3.79. The number of fused-ring (bicyclic) bond motifs is 1. The molecule has 3 aromatic heterocycles. The van der Waals surface area contributed by atoms with Gasteiger partial charge in [-0.05, 0) is 26.0 Å². The highest BCUT2D eigenvalue weighted by molar-refractivity contribution is 5.81. The Labute approximate surface area is 145 Å². The van der Waals surface area contributed by atoms with Crippen LogP contribution in [0.15, 0.2) is 42.9 Å². The second-order valence-corrected chi connectivity index (χ2v) is 6.41. The minimum Gasteiger partial charge on any atom is -0.365 e. The Bertz CT molecular complexity index is 972. The van der Waals surface area contributed by atoms with Crippen LogP contribution in [0.1, 0.15) is 25.5 Å². The van der Waals surface area contributed by atoms with Gasteiger partial charge in [0.25, 0.3) is 0 Å². The molecule has 0 aliphatic carbocycles. The van der Waals surface area contributed by atoms with Crippen LogP contribution in [0.3, 0.4) is 0 Å². The van der Waals surface area contributed by atoms with Crippen LogP contribution >= 0.6 is 0 Å². The van der Waals surface area contributed by atoms with Crippen molar-refractivity contribution < 1.29 is 0 Å². The van der Waals surface area contributed by atoms with Crippen LogP contribution in [0.4, 0.5) is 5.82 Å². The second kappa shape index (κ2) is 6.08. The van der Waals surface area contributed by atoms with Gasteiger partial charge in [0.1, 0.15) is 11.6 Å². The fourth-order valence-electron chi connectivity index (χ4n) is 2.84. The Morgan fingerprint density at radius 2 is 2.00 bits per heavy atom. The summed E-state index contributed by atoms with van der Waals surface area (Å²) in [6, 6.07) is 8.37. The summed E-state index contributed by atoms with van der Waals surface area (Å²) in [7, 11) is 1.92. The van der Waals surface area contributed by atoms with E-state index < -0.39 is 0 Å². The molecule has 0 atom stereocenters. The third-order valence-electron chi connectivity index (χ3n) is 4.23. The molecular weight excluding hydrogens is 314 g/mol. The summed E-state index contributed by atoms with van der Waals surface area (Å²) in [5.74, 6) is 1.74. The molecule has 2 N–H and O–H groups in total. The lowest BCUT2D eigenvalue weighted by molar-refractivity contribution is 0.532. The number of aryl methyl sites for hydroxylation is 1. The number of hydrogen-bond donors (Lipinski definition) is 2. The van der Waals surface area contributed by atoms with Crippen LogP contribution in [0.25, 0.3) is 22.4 Å². The maximum Gasteiger partial charge on any atom is 0.143 e. The summed E-state index contributed by atoms with van der Waals surface area (Å²) in [6.45, 7) is 4.91. The second-order valence-electron chi connectivity index (χ2n) is 6.41. The molecule has 0 amide bonds. The number of imidazole rings is 1. The van der Waals surface area contributed by atoms with Gasteiger partial charge in [-0.25, -0.2) is 4.98 Å². The highest BCUT2D eigenvalue weighted by Crippen LogP contribution is 2.27. The highest BCUT2D eigenvalue weighted by atomic mass is 15.3. The van der Waals surface area contributed by atoms with Gasteiger partial charge in [0, 0.05) is 31.4 Å². The topological polar surface area (TPSA) is 76.3 Å². The average Bonchev–Trinajstić information content (AvgIpc) is 3.30. The number of anilines is 1. The molecule has 0 radical (unpaired) electrons. The summed E-state index contributed by atoms with van der Waals surface area (Å²) in [6.07, 6.45) is 5.79. The Balaban J connectivity index is 1.60. The Morgan fingerprint density at radius 1 is 1.16 bits per heavy atom. The molecule has 4 rings (SSSR count). The summed E-state index contributed by atoms with van der Waals surface area (Å²) in [5, 5.41) is 12.2. The molecule has 0 saturated carbocycles. The lowest BCUT2D eigenvalue weighted by atomic mass is 10.3. The van der Waals surface area contributed by atoms with E-state index in [2.05, 4.69) is 45.5 Å². The SMILES string of the molecule is CC(C)n1cc(CNc2c(-c3nc4ccccc4[nH]3)cnn2C)cn1. The molecule has 0 unspecified atom stereocenters. The van der Waals surface area contributed by atoms with Gasteiger partial charge in [-0.3, -0.25) is 9.36 Å². The van der Waals surface area contributed by atoms with Gasteiger partial charge < -0.3 is 10.3 Å². The van der Waals surface area contributed by atoms with Crippen molar-refractivity contribution in [1.82, 2.24) is 29.5 Å². The molecule has 7 nitrogen and oxygen atoms in total. The first-order valence-electron chi connectivity index (χ1n) is 8.36. The third kappa shape index (κ3) is 2.88. The first kappa shape index (κ1) is 15.4. The van der Waals surface area contributed by atoms with Crippen molar-refractivity contribution in [2.45, 2.75) is 26.4 Å². The zero-order valence-corrected chi connectivity index (χ0v) is 14.6. The number of hydrogen-bond acceptors (Lipinski definition) is 4. The quantitative estimate of drug-likeness (QED) is 0.586. The number of H-pyrrole nitrogens is 1. The van der Waals surface area contributed by atoms with Crippen LogP contribution < -0.4 is 5.32 Å². The van der Waals surface area contributed by atoms with Crippen LogP contribution in [0.2, 0.25) is 0 Å². The minimum absolute atomic E-state index is 0.358. The van der Waals surface area contributed by atoms with E-state index >= 15 is 0 Å². The van der Waals surface area contributed by atoms with E-state index in [0.29, 0.717) is 12.6 Å². The van der Waals surface area contributed by atoms with Gasteiger partial charge in [0.15, 0.2) is 0 Å². The summed E-state index contributed by atoms with van der Waals surface area (Å²) in [5.41, 5.74) is 4.05. The molecule has 0 aliphatic rings. The number of para-hydroxylation sites is 2. The largest absolute Gasteiger partial charge is 0.365 e. The van der Waals surface area contributed by atoms with Crippen LogP contribution in [-0.4, -0.2) is 29.5 Å². The molecule has 4 aromatic rings. The van der Waals surface area contributed by atoms with Gasteiger partial charge in [0.2, 0.25) is 0 Å². The first-order valence-corrected chi connectivity index (χ1v) is 8.36. The highest BCUT2D eigenvalue weighted by Gasteiger charge is 2.14. The van der Waals surface area contributed by atoms with E-state index in [1.807, 2.05) is 53.1 Å². The summed E-state index contributed by atoms with van der Waals surface area (Å²) in [4.78, 5) is 8.04. The molecular formula is C18H21N7. The van der Waals surface area contributed by atoms with Crippen LogP contribution in [-0.2, 0) is 13.6 Å². The molecule has 0 saturated heterocycles. The first-order chi connectivity index (χ1) is 12.1. The maximum atomic E-state index is 4.67. The van der Waals surface area contributed by atoms with Gasteiger partial charge >= 0.3 is 0 Å².